The first-order chi connectivity index (χ1) is 8.24. The number of carbonyl (C=O) groups excluding carboxylic acids is 1. The molecule has 0 aromatic carbocycles. The number of alkyl carbamates (subject to hydrolysis) is 1. The Kier molecular flexibility index (Phi) is 14.2. The van der Waals surface area contributed by atoms with E-state index in [-0.39, 0.29) is 30.9 Å². The molecule has 19 heavy (non-hydrogen) atoms. The van der Waals surface area contributed by atoms with Crippen LogP contribution in [-0.2, 0) is 4.74 Å². The largest absolute Gasteiger partial charge is 0.450 e. The molecule has 7 heteroatoms. The van der Waals surface area contributed by atoms with Gasteiger partial charge in [-0.15, -0.1) is 24.8 Å². The summed E-state index contributed by atoms with van der Waals surface area (Å²) >= 11 is 0. The van der Waals surface area contributed by atoms with Gasteiger partial charge in [0.15, 0.2) is 0 Å². The molecule has 1 heterocycles. The summed E-state index contributed by atoms with van der Waals surface area (Å²) in [5.41, 5.74) is 0. The minimum atomic E-state index is -0.308. The number of hydrazine groups is 1. The van der Waals surface area contributed by atoms with Crippen molar-refractivity contribution in [2.24, 2.45) is 5.84 Å². The van der Waals surface area contributed by atoms with E-state index < -0.39 is 0 Å². The van der Waals surface area contributed by atoms with Gasteiger partial charge in [-0.3, -0.25) is 5.84 Å². The van der Waals surface area contributed by atoms with Gasteiger partial charge in [0, 0.05) is 19.1 Å². The molecule has 1 amide bonds. The van der Waals surface area contributed by atoms with Gasteiger partial charge in [0.1, 0.15) is 0 Å². The normalized spacial score (nSPS) is 18.9. The lowest BCUT2D eigenvalue weighted by Gasteiger charge is -2.31. The topological polar surface area (TPSA) is 67.6 Å². The first-order valence-corrected chi connectivity index (χ1v) is 6.66. The Bertz CT molecular complexity index is 233. The van der Waals surface area contributed by atoms with Gasteiger partial charge in [-0.25, -0.2) is 9.80 Å². The molecule has 0 aromatic heterocycles. The third-order valence-corrected chi connectivity index (χ3v) is 3.16. The van der Waals surface area contributed by atoms with Crippen LogP contribution in [0.25, 0.3) is 0 Å². The van der Waals surface area contributed by atoms with Crippen molar-refractivity contribution >= 4 is 30.9 Å². The van der Waals surface area contributed by atoms with E-state index in [0.717, 1.165) is 32.2 Å². The summed E-state index contributed by atoms with van der Waals surface area (Å²) in [7, 11) is 0. The molecule has 1 fully saturated rings. The number of nitrogens with zero attached hydrogens (tertiary/aromatic N) is 1. The summed E-state index contributed by atoms with van der Waals surface area (Å²) in [6, 6.07) is 0.368. The molecule has 0 saturated carbocycles. The van der Waals surface area contributed by atoms with Crippen LogP contribution in [0.5, 0.6) is 0 Å². The van der Waals surface area contributed by atoms with Crippen molar-refractivity contribution in [1.82, 2.24) is 10.3 Å². The molecule has 1 saturated heterocycles. The molecule has 1 unspecified atom stereocenters. The maximum absolute atomic E-state index is 11.3. The molecule has 1 aliphatic heterocycles. The summed E-state index contributed by atoms with van der Waals surface area (Å²) < 4.78 is 5.11. The third kappa shape index (κ3) is 9.32. The number of unbranched alkanes of at least 4 members (excludes halogenated alkanes) is 1. The summed E-state index contributed by atoms with van der Waals surface area (Å²) in [6.45, 7) is 4.19. The van der Waals surface area contributed by atoms with Crippen LogP contribution < -0.4 is 11.2 Å². The van der Waals surface area contributed by atoms with Crippen molar-refractivity contribution in [2.75, 3.05) is 19.7 Å². The number of nitrogens with one attached hydrogen (secondary N) is 1. The van der Waals surface area contributed by atoms with Crippen LogP contribution in [0, 0.1) is 0 Å². The second-order valence-corrected chi connectivity index (χ2v) is 4.59. The van der Waals surface area contributed by atoms with Crippen LogP contribution in [0.3, 0.4) is 0 Å². The molecule has 1 rings (SSSR count). The number of piperidine rings is 1. The predicted octanol–water partition coefficient (Wildman–Crippen LogP) is 2.47. The SMILES string of the molecule is CCCCNC(=O)OCCC1CCCCN1N.Cl.Cl. The quantitative estimate of drug-likeness (QED) is 0.583. The zero-order valence-corrected chi connectivity index (χ0v) is 13.2. The standard InChI is InChI=1S/C12H25N3O2.2ClH/c1-2-3-8-14-12(16)17-10-7-11-6-4-5-9-15(11)13;;/h11H,2-10,13H2,1H3,(H,14,16);2*1H. The van der Waals surface area contributed by atoms with E-state index >= 15 is 0 Å². The minimum Gasteiger partial charge on any atom is -0.450 e. The van der Waals surface area contributed by atoms with Gasteiger partial charge in [0.05, 0.1) is 6.61 Å². The van der Waals surface area contributed by atoms with Crippen molar-refractivity contribution in [1.29, 1.82) is 0 Å². The molecular formula is C12H27Cl2N3O2. The van der Waals surface area contributed by atoms with Gasteiger partial charge in [-0.05, 0) is 25.7 Å². The number of nitrogens with two attached hydrogens (primary N) is 1. The zero-order valence-electron chi connectivity index (χ0n) is 11.6. The van der Waals surface area contributed by atoms with Crippen LogP contribution in [-0.4, -0.2) is 36.8 Å². The van der Waals surface area contributed by atoms with Crippen LogP contribution in [0.1, 0.15) is 45.4 Å². The number of amides is 1. The lowest BCUT2D eigenvalue weighted by molar-refractivity contribution is 0.101. The fourth-order valence-electron chi connectivity index (χ4n) is 2.04. The fraction of sp³-hybridized carbons (Fsp3) is 0.917. The highest BCUT2D eigenvalue weighted by molar-refractivity contribution is 5.85. The van der Waals surface area contributed by atoms with Gasteiger partial charge in [0.25, 0.3) is 0 Å². The van der Waals surface area contributed by atoms with Crippen LogP contribution >= 0.6 is 24.8 Å². The minimum absolute atomic E-state index is 0. The smallest absolute Gasteiger partial charge is 0.407 e. The average molecular weight is 316 g/mol. The first-order valence-electron chi connectivity index (χ1n) is 6.66. The van der Waals surface area contributed by atoms with E-state index in [9.17, 15) is 4.79 Å². The second kappa shape index (κ2) is 12.8. The van der Waals surface area contributed by atoms with Crippen LogP contribution in [0.2, 0.25) is 0 Å². The summed E-state index contributed by atoms with van der Waals surface area (Å²) in [5.74, 6) is 5.87. The second-order valence-electron chi connectivity index (χ2n) is 4.59. The predicted molar refractivity (Wildman–Crippen MR) is 81.9 cm³/mol. The van der Waals surface area contributed by atoms with Gasteiger partial charge in [0.2, 0.25) is 0 Å². The Hall–Kier alpha value is -0.230. The molecule has 1 atom stereocenters. The van der Waals surface area contributed by atoms with E-state index in [1.54, 1.807) is 0 Å². The van der Waals surface area contributed by atoms with Crippen molar-refractivity contribution in [2.45, 2.75) is 51.5 Å². The van der Waals surface area contributed by atoms with Gasteiger partial charge >= 0.3 is 6.09 Å². The van der Waals surface area contributed by atoms with Crippen molar-refractivity contribution in [3.63, 3.8) is 0 Å². The summed E-state index contributed by atoms with van der Waals surface area (Å²) in [4.78, 5) is 11.3. The van der Waals surface area contributed by atoms with E-state index in [4.69, 9.17) is 10.6 Å². The number of hydrogen-bond donors (Lipinski definition) is 2. The Morgan fingerprint density at radius 2 is 2.16 bits per heavy atom. The molecule has 3 N–H and O–H groups in total. The Morgan fingerprint density at radius 3 is 2.79 bits per heavy atom. The third-order valence-electron chi connectivity index (χ3n) is 3.16. The molecule has 5 nitrogen and oxygen atoms in total. The van der Waals surface area contributed by atoms with Gasteiger partial charge < -0.3 is 10.1 Å². The molecule has 1 aliphatic rings. The Balaban J connectivity index is 0. The lowest BCUT2D eigenvalue weighted by Crippen LogP contribution is -2.45. The molecule has 0 spiro atoms. The molecule has 0 aromatic rings. The summed E-state index contributed by atoms with van der Waals surface area (Å²) in [5, 5.41) is 4.60. The molecule has 0 aliphatic carbocycles. The molecule has 0 radical (unpaired) electrons. The maximum atomic E-state index is 11.3. The first kappa shape index (κ1) is 21.1. The van der Waals surface area contributed by atoms with Gasteiger partial charge in [-0.1, -0.05) is 19.8 Å². The molecular weight excluding hydrogens is 289 g/mol. The lowest BCUT2D eigenvalue weighted by atomic mass is 10.0. The summed E-state index contributed by atoms with van der Waals surface area (Å²) in [6.07, 6.45) is 6.10. The number of halogens is 2. The average Bonchev–Trinajstić information content (AvgIpc) is 2.32. The van der Waals surface area contributed by atoms with Crippen molar-refractivity contribution < 1.29 is 9.53 Å². The maximum Gasteiger partial charge on any atom is 0.407 e. The van der Waals surface area contributed by atoms with Crippen molar-refractivity contribution in [3.8, 4) is 0 Å². The van der Waals surface area contributed by atoms with E-state index in [2.05, 4.69) is 12.2 Å². The highest BCUT2D eigenvalue weighted by Gasteiger charge is 2.19. The Morgan fingerprint density at radius 1 is 1.42 bits per heavy atom. The van der Waals surface area contributed by atoms with E-state index in [0.29, 0.717) is 19.2 Å². The van der Waals surface area contributed by atoms with Crippen LogP contribution in [0.15, 0.2) is 0 Å². The van der Waals surface area contributed by atoms with Crippen LogP contribution in [0.4, 0.5) is 4.79 Å². The molecule has 116 valence electrons. The van der Waals surface area contributed by atoms with Crippen molar-refractivity contribution in [3.05, 3.63) is 0 Å². The fourth-order valence-corrected chi connectivity index (χ4v) is 2.04. The van der Waals surface area contributed by atoms with Gasteiger partial charge in [-0.2, -0.15) is 0 Å². The number of rotatable bonds is 6. The zero-order chi connectivity index (χ0) is 12.5. The molecule has 0 bridgehead atoms. The highest BCUT2D eigenvalue weighted by atomic mass is 35.5. The monoisotopic (exact) mass is 315 g/mol. The van der Waals surface area contributed by atoms with E-state index in [1.165, 1.54) is 12.8 Å². The van der Waals surface area contributed by atoms with E-state index in [1.807, 2.05) is 5.01 Å². The number of hydrogen-bond acceptors (Lipinski definition) is 4. The highest BCUT2D eigenvalue weighted by Crippen LogP contribution is 2.16. The Labute approximate surface area is 128 Å². The number of carbonyl (C=O) groups is 1. The number of ether oxygens (including phenoxy) is 1.